The molecular formula is C16H19NO. The van der Waals surface area contributed by atoms with Crippen LogP contribution in [-0.4, -0.2) is 13.2 Å². The molecule has 2 nitrogen and oxygen atoms in total. The molecule has 0 fully saturated rings. The normalized spacial score (nSPS) is 12.1. The Morgan fingerprint density at radius 1 is 1.00 bits per heavy atom. The summed E-state index contributed by atoms with van der Waals surface area (Å²) in [4.78, 5) is 0. The van der Waals surface area contributed by atoms with Crippen molar-refractivity contribution < 1.29 is 4.74 Å². The molecule has 1 unspecified atom stereocenters. The van der Waals surface area contributed by atoms with Gasteiger partial charge in [-0.1, -0.05) is 55.5 Å². The molecule has 0 bridgehead atoms. The smallest absolute Gasteiger partial charge is 0.127 e. The van der Waals surface area contributed by atoms with E-state index in [-0.39, 0.29) is 0 Å². The number of hydrogen-bond acceptors (Lipinski definition) is 2. The van der Waals surface area contributed by atoms with Gasteiger partial charge < -0.3 is 10.5 Å². The first-order valence-electron chi connectivity index (χ1n) is 6.28. The van der Waals surface area contributed by atoms with Gasteiger partial charge in [-0.2, -0.15) is 0 Å². The Morgan fingerprint density at radius 2 is 1.67 bits per heavy atom. The van der Waals surface area contributed by atoms with E-state index < -0.39 is 0 Å². The van der Waals surface area contributed by atoms with Crippen LogP contribution < -0.4 is 10.5 Å². The zero-order valence-electron chi connectivity index (χ0n) is 10.7. The van der Waals surface area contributed by atoms with Crippen molar-refractivity contribution in [2.45, 2.75) is 6.92 Å². The molecule has 18 heavy (non-hydrogen) atoms. The summed E-state index contributed by atoms with van der Waals surface area (Å²) in [5.41, 5.74) is 7.91. The van der Waals surface area contributed by atoms with Crippen LogP contribution in [0.5, 0.6) is 5.75 Å². The van der Waals surface area contributed by atoms with Crippen molar-refractivity contribution in [3.8, 4) is 16.9 Å². The maximum absolute atomic E-state index is 5.86. The second kappa shape index (κ2) is 6.22. The Bertz CT molecular complexity index is 481. The summed E-state index contributed by atoms with van der Waals surface area (Å²) in [5.74, 6) is 1.29. The Hall–Kier alpha value is -1.80. The van der Waals surface area contributed by atoms with Gasteiger partial charge in [-0.05, 0) is 18.2 Å². The second-order valence-electron chi connectivity index (χ2n) is 4.51. The molecule has 0 saturated heterocycles. The van der Waals surface area contributed by atoms with Gasteiger partial charge in [-0.3, -0.25) is 0 Å². The Labute approximate surface area is 108 Å². The SMILES string of the molecule is CC(CN)COc1ccccc1-c1ccccc1. The molecule has 0 radical (unpaired) electrons. The fourth-order valence-electron chi connectivity index (χ4n) is 1.75. The monoisotopic (exact) mass is 241 g/mol. The minimum Gasteiger partial charge on any atom is -0.493 e. The lowest BCUT2D eigenvalue weighted by Gasteiger charge is -2.14. The minimum atomic E-state index is 0.369. The first-order chi connectivity index (χ1) is 8.81. The van der Waals surface area contributed by atoms with Gasteiger partial charge in [0.15, 0.2) is 0 Å². The van der Waals surface area contributed by atoms with E-state index in [9.17, 15) is 0 Å². The van der Waals surface area contributed by atoms with Gasteiger partial charge in [-0.25, -0.2) is 0 Å². The molecule has 2 aromatic carbocycles. The van der Waals surface area contributed by atoms with E-state index in [1.165, 1.54) is 5.56 Å². The van der Waals surface area contributed by atoms with Crippen LogP contribution in [0, 0.1) is 5.92 Å². The summed E-state index contributed by atoms with van der Waals surface area (Å²) < 4.78 is 5.86. The molecular weight excluding hydrogens is 222 g/mol. The summed E-state index contributed by atoms with van der Waals surface area (Å²) >= 11 is 0. The van der Waals surface area contributed by atoms with Gasteiger partial charge in [0, 0.05) is 11.5 Å². The number of rotatable bonds is 5. The Kier molecular flexibility index (Phi) is 4.37. The van der Waals surface area contributed by atoms with Crippen LogP contribution in [0.1, 0.15) is 6.92 Å². The molecule has 0 amide bonds. The van der Waals surface area contributed by atoms with E-state index in [0.29, 0.717) is 19.1 Å². The third kappa shape index (κ3) is 3.11. The summed E-state index contributed by atoms with van der Waals surface area (Å²) in [6.07, 6.45) is 0. The molecule has 0 aliphatic heterocycles. The summed E-state index contributed by atoms with van der Waals surface area (Å²) in [5, 5.41) is 0. The summed E-state index contributed by atoms with van der Waals surface area (Å²) in [6.45, 7) is 3.39. The van der Waals surface area contributed by atoms with Crippen LogP contribution in [0.15, 0.2) is 54.6 Å². The lowest BCUT2D eigenvalue weighted by molar-refractivity contribution is 0.265. The Morgan fingerprint density at radius 3 is 2.39 bits per heavy atom. The van der Waals surface area contributed by atoms with Gasteiger partial charge in [0.05, 0.1) is 6.61 Å². The standard InChI is InChI=1S/C16H19NO/c1-13(11-17)12-18-16-10-6-5-9-15(16)14-7-3-2-4-8-14/h2-10,13H,11-12,17H2,1H3. The lowest BCUT2D eigenvalue weighted by atomic mass is 10.0. The molecule has 0 spiro atoms. The zero-order chi connectivity index (χ0) is 12.8. The molecule has 2 N–H and O–H groups in total. The van der Waals surface area contributed by atoms with Crippen LogP contribution in [0.3, 0.4) is 0 Å². The predicted octanol–water partition coefficient (Wildman–Crippen LogP) is 3.33. The molecule has 0 heterocycles. The topological polar surface area (TPSA) is 35.2 Å². The van der Waals surface area contributed by atoms with Crippen LogP contribution in [0.4, 0.5) is 0 Å². The summed E-state index contributed by atoms with van der Waals surface area (Å²) in [6, 6.07) is 18.4. The van der Waals surface area contributed by atoms with E-state index in [0.717, 1.165) is 11.3 Å². The van der Waals surface area contributed by atoms with Crippen LogP contribution in [-0.2, 0) is 0 Å². The number of ether oxygens (including phenoxy) is 1. The second-order valence-corrected chi connectivity index (χ2v) is 4.51. The highest BCUT2D eigenvalue weighted by Crippen LogP contribution is 2.29. The van der Waals surface area contributed by atoms with Crippen molar-refractivity contribution >= 4 is 0 Å². The molecule has 2 rings (SSSR count). The van der Waals surface area contributed by atoms with E-state index >= 15 is 0 Å². The zero-order valence-corrected chi connectivity index (χ0v) is 10.7. The van der Waals surface area contributed by atoms with E-state index in [4.69, 9.17) is 10.5 Å². The number of para-hydroxylation sites is 1. The predicted molar refractivity (Wildman–Crippen MR) is 75.6 cm³/mol. The van der Waals surface area contributed by atoms with Crippen molar-refractivity contribution in [2.75, 3.05) is 13.2 Å². The largest absolute Gasteiger partial charge is 0.493 e. The van der Waals surface area contributed by atoms with Gasteiger partial charge >= 0.3 is 0 Å². The Balaban J connectivity index is 2.21. The highest BCUT2D eigenvalue weighted by Gasteiger charge is 2.06. The van der Waals surface area contributed by atoms with Crippen molar-refractivity contribution in [1.29, 1.82) is 0 Å². The maximum atomic E-state index is 5.86. The molecule has 0 saturated carbocycles. The molecule has 0 aromatic heterocycles. The minimum absolute atomic E-state index is 0.369. The average Bonchev–Trinajstić information content (AvgIpc) is 2.46. The fourth-order valence-corrected chi connectivity index (χ4v) is 1.75. The van der Waals surface area contributed by atoms with Crippen LogP contribution in [0.25, 0.3) is 11.1 Å². The van der Waals surface area contributed by atoms with Gasteiger partial charge in [0.25, 0.3) is 0 Å². The van der Waals surface area contributed by atoms with E-state index in [1.807, 2.05) is 36.4 Å². The number of nitrogens with two attached hydrogens (primary N) is 1. The lowest BCUT2D eigenvalue weighted by Crippen LogP contribution is -2.18. The van der Waals surface area contributed by atoms with Crippen molar-refractivity contribution in [2.24, 2.45) is 11.7 Å². The number of benzene rings is 2. The molecule has 94 valence electrons. The average molecular weight is 241 g/mol. The number of hydrogen-bond donors (Lipinski definition) is 1. The quantitative estimate of drug-likeness (QED) is 0.871. The highest BCUT2D eigenvalue weighted by atomic mass is 16.5. The van der Waals surface area contributed by atoms with Crippen molar-refractivity contribution in [3.63, 3.8) is 0 Å². The van der Waals surface area contributed by atoms with Gasteiger partial charge in [0.2, 0.25) is 0 Å². The first kappa shape index (κ1) is 12.7. The molecule has 0 aliphatic carbocycles. The van der Waals surface area contributed by atoms with Crippen LogP contribution >= 0.6 is 0 Å². The first-order valence-corrected chi connectivity index (χ1v) is 6.28. The van der Waals surface area contributed by atoms with E-state index in [2.05, 4.69) is 25.1 Å². The van der Waals surface area contributed by atoms with Crippen LogP contribution in [0.2, 0.25) is 0 Å². The molecule has 1 atom stereocenters. The molecule has 2 heteroatoms. The maximum Gasteiger partial charge on any atom is 0.127 e. The molecule has 0 aliphatic rings. The summed E-state index contributed by atoms with van der Waals surface area (Å²) in [7, 11) is 0. The van der Waals surface area contributed by atoms with E-state index in [1.54, 1.807) is 0 Å². The third-order valence-corrected chi connectivity index (χ3v) is 2.90. The fraction of sp³-hybridized carbons (Fsp3) is 0.250. The third-order valence-electron chi connectivity index (χ3n) is 2.90. The highest BCUT2D eigenvalue weighted by molar-refractivity contribution is 5.70. The van der Waals surface area contributed by atoms with Crippen molar-refractivity contribution in [3.05, 3.63) is 54.6 Å². The van der Waals surface area contributed by atoms with Crippen molar-refractivity contribution in [1.82, 2.24) is 0 Å². The molecule has 2 aromatic rings. The van der Waals surface area contributed by atoms with Gasteiger partial charge in [-0.15, -0.1) is 0 Å². The van der Waals surface area contributed by atoms with Gasteiger partial charge in [0.1, 0.15) is 5.75 Å².